The number of carbonyl (C=O) groups is 1. The zero-order valence-electron chi connectivity index (χ0n) is 11.3. The summed E-state index contributed by atoms with van der Waals surface area (Å²) in [6.07, 6.45) is 5.17. The number of rotatable bonds is 2. The van der Waals surface area contributed by atoms with Crippen LogP contribution in [0.1, 0.15) is 37.7 Å². The van der Waals surface area contributed by atoms with Gasteiger partial charge in [0, 0.05) is 25.9 Å². The Hall–Kier alpha value is -0.860. The van der Waals surface area contributed by atoms with Crippen molar-refractivity contribution in [3.8, 4) is 0 Å². The summed E-state index contributed by atoms with van der Waals surface area (Å²) in [6, 6.07) is 10.7. The van der Waals surface area contributed by atoms with Gasteiger partial charge in [-0.15, -0.1) is 12.4 Å². The molecule has 0 unspecified atom stereocenters. The first kappa shape index (κ1) is 14.5. The predicted molar refractivity (Wildman–Crippen MR) is 79.5 cm³/mol. The first-order chi connectivity index (χ1) is 8.76. The van der Waals surface area contributed by atoms with Crippen LogP contribution in [0.2, 0.25) is 0 Å². The molecule has 104 valence electrons. The van der Waals surface area contributed by atoms with Crippen molar-refractivity contribution in [2.45, 2.75) is 38.6 Å². The van der Waals surface area contributed by atoms with Crippen LogP contribution in [0.5, 0.6) is 0 Å². The number of ketones is 1. The SMILES string of the molecule is Cl.O=C1CCC2(CC1)CCN(Cc1ccccc1)C2. The number of halogens is 1. The van der Waals surface area contributed by atoms with Crippen LogP contribution in [-0.2, 0) is 11.3 Å². The van der Waals surface area contributed by atoms with Gasteiger partial charge < -0.3 is 0 Å². The highest BCUT2D eigenvalue weighted by atomic mass is 35.5. The van der Waals surface area contributed by atoms with E-state index < -0.39 is 0 Å². The molecule has 2 fully saturated rings. The Morgan fingerprint density at radius 1 is 1.05 bits per heavy atom. The minimum absolute atomic E-state index is 0. The van der Waals surface area contributed by atoms with Gasteiger partial charge >= 0.3 is 0 Å². The van der Waals surface area contributed by atoms with E-state index in [4.69, 9.17) is 0 Å². The first-order valence-electron chi connectivity index (χ1n) is 7.04. The van der Waals surface area contributed by atoms with Gasteiger partial charge in [-0.3, -0.25) is 9.69 Å². The first-order valence-corrected chi connectivity index (χ1v) is 7.04. The Kier molecular flexibility index (Phi) is 4.64. The average molecular weight is 280 g/mol. The third-order valence-electron chi connectivity index (χ3n) is 4.63. The van der Waals surface area contributed by atoms with Gasteiger partial charge in [-0.05, 0) is 36.8 Å². The molecule has 1 saturated heterocycles. The lowest BCUT2D eigenvalue weighted by Crippen LogP contribution is -2.31. The third-order valence-corrected chi connectivity index (χ3v) is 4.63. The minimum atomic E-state index is 0. The van der Waals surface area contributed by atoms with Crippen LogP contribution in [0.3, 0.4) is 0 Å². The van der Waals surface area contributed by atoms with Gasteiger partial charge in [0.1, 0.15) is 5.78 Å². The monoisotopic (exact) mass is 279 g/mol. The van der Waals surface area contributed by atoms with Gasteiger partial charge in [0.2, 0.25) is 0 Å². The molecule has 0 atom stereocenters. The molecule has 0 aromatic heterocycles. The maximum absolute atomic E-state index is 11.4. The van der Waals surface area contributed by atoms with Gasteiger partial charge in [0.15, 0.2) is 0 Å². The maximum Gasteiger partial charge on any atom is 0.132 e. The fourth-order valence-corrected chi connectivity index (χ4v) is 3.47. The Labute approximate surface area is 121 Å². The lowest BCUT2D eigenvalue weighted by molar-refractivity contribution is -0.122. The van der Waals surface area contributed by atoms with Crippen LogP contribution in [-0.4, -0.2) is 23.8 Å². The zero-order chi connectivity index (χ0) is 12.4. The number of carbonyl (C=O) groups excluding carboxylic acids is 1. The number of nitrogens with zero attached hydrogens (tertiary/aromatic N) is 1. The van der Waals surface area contributed by atoms with Gasteiger partial charge in [0.25, 0.3) is 0 Å². The van der Waals surface area contributed by atoms with E-state index in [1.54, 1.807) is 0 Å². The summed E-state index contributed by atoms with van der Waals surface area (Å²) in [5.41, 5.74) is 1.87. The van der Waals surface area contributed by atoms with Gasteiger partial charge in [-0.1, -0.05) is 30.3 Å². The highest BCUT2D eigenvalue weighted by Crippen LogP contribution is 2.42. The molecule has 0 amide bonds. The van der Waals surface area contributed by atoms with Crippen molar-refractivity contribution < 1.29 is 4.79 Å². The summed E-state index contributed by atoms with van der Waals surface area (Å²) < 4.78 is 0. The Balaban J connectivity index is 0.00000133. The fourth-order valence-electron chi connectivity index (χ4n) is 3.47. The molecule has 0 N–H and O–H groups in total. The molecule has 2 aliphatic rings. The summed E-state index contributed by atoms with van der Waals surface area (Å²) in [5, 5.41) is 0. The molecule has 1 heterocycles. The molecule has 1 spiro atoms. The van der Waals surface area contributed by atoms with E-state index in [2.05, 4.69) is 35.2 Å². The van der Waals surface area contributed by atoms with E-state index in [0.717, 1.165) is 32.2 Å². The minimum Gasteiger partial charge on any atom is -0.300 e. The molecule has 1 aromatic rings. The topological polar surface area (TPSA) is 20.3 Å². The molecule has 1 aromatic carbocycles. The van der Waals surface area contributed by atoms with Crippen molar-refractivity contribution in [1.29, 1.82) is 0 Å². The molecule has 1 aliphatic carbocycles. The lowest BCUT2D eigenvalue weighted by atomic mass is 9.73. The van der Waals surface area contributed by atoms with Crippen LogP contribution >= 0.6 is 12.4 Å². The zero-order valence-corrected chi connectivity index (χ0v) is 12.1. The molecule has 3 heteroatoms. The van der Waals surface area contributed by atoms with E-state index in [1.165, 1.54) is 25.1 Å². The van der Waals surface area contributed by atoms with E-state index in [0.29, 0.717) is 11.2 Å². The molecular weight excluding hydrogens is 258 g/mol. The standard InChI is InChI=1S/C16H21NO.ClH/c18-15-6-8-16(9-7-15)10-11-17(13-16)12-14-4-2-1-3-5-14;/h1-5H,6-13H2;1H. The van der Waals surface area contributed by atoms with E-state index in [1.807, 2.05) is 0 Å². The smallest absolute Gasteiger partial charge is 0.132 e. The highest BCUT2D eigenvalue weighted by molar-refractivity contribution is 5.85. The number of hydrogen-bond donors (Lipinski definition) is 0. The second-order valence-electron chi connectivity index (χ2n) is 5.98. The van der Waals surface area contributed by atoms with Crippen molar-refractivity contribution in [2.75, 3.05) is 13.1 Å². The average Bonchev–Trinajstić information content (AvgIpc) is 2.78. The molecule has 0 bridgehead atoms. The van der Waals surface area contributed by atoms with Crippen molar-refractivity contribution in [2.24, 2.45) is 5.41 Å². The van der Waals surface area contributed by atoms with Gasteiger partial charge in [0.05, 0.1) is 0 Å². The Morgan fingerprint density at radius 3 is 2.42 bits per heavy atom. The molecule has 1 aliphatic heterocycles. The quantitative estimate of drug-likeness (QED) is 0.826. The molecular formula is C16H22ClNO. The Morgan fingerprint density at radius 2 is 1.74 bits per heavy atom. The van der Waals surface area contributed by atoms with Crippen LogP contribution in [0.15, 0.2) is 30.3 Å². The second kappa shape index (κ2) is 6.06. The summed E-state index contributed by atoms with van der Waals surface area (Å²) in [5.74, 6) is 0.474. The number of Topliss-reactive ketones (excluding diaryl/α,β-unsaturated/α-hetero) is 1. The molecule has 2 nitrogen and oxygen atoms in total. The summed E-state index contributed by atoms with van der Waals surface area (Å²) >= 11 is 0. The maximum atomic E-state index is 11.4. The number of benzene rings is 1. The molecule has 19 heavy (non-hydrogen) atoms. The fraction of sp³-hybridized carbons (Fsp3) is 0.562. The van der Waals surface area contributed by atoms with Crippen molar-refractivity contribution in [3.05, 3.63) is 35.9 Å². The van der Waals surface area contributed by atoms with Crippen molar-refractivity contribution >= 4 is 18.2 Å². The molecule has 3 rings (SSSR count). The Bertz CT molecular complexity index is 422. The number of hydrogen-bond acceptors (Lipinski definition) is 2. The van der Waals surface area contributed by atoms with Gasteiger partial charge in [-0.2, -0.15) is 0 Å². The van der Waals surface area contributed by atoms with E-state index in [9.17, 15) is 4.79 Å². The highest BCUT2D eigenvalue weighted by Gasteiger charge is 2.40. The van der Waals surface area contributed by atoms with Crippen molar-refractivity contribution in [1.82, 2.24) is 4.90 Å². The van der Waals surface area contributed by atoms with Gasteiger partial charge in [-0.25, -0.2) is 0 Å². The second-order valence-corrected chi connectivity index (χ2v) is 5.98. The molecule has 0 radical (unpaired) electrons. The van der Waals surface area contributed by atoms with Crippen LogP contribution in [0, 0.1) is 5.41 Å². The number of likely N-dealkylation sites (tertiary alicyclic amines) is 1. The van der Waals surface area contributed by atoms with Crippen LogP contribution < -0.4 is 0 Å². The predicted octanol–water partition coefficient (Wildman–Crippen LogP) is 3.44. The van der Waals surface area contributed by atoms with Crippen LogP contribution in [0.25, 0.3) is 0 Å². The van der Waals surface area contributed by atoms with Crippen LogP contribution in [0.4, 0.5) is 0 Å². The van der Waals surface area contributed by atoms with E-state index >= 15 is 0 Å². The third kappa shape index (κ3) is 3.37. The van der Waals surface area contributed by atoms with Crippen molar-refractivity contribution in [3.63, 3.8) is 0 Å². The summed E-state index contributed by atoms with van der Waals surface area (Å²) in [4.78, 5) is 13.9. The summed E-state index contributed by atoms with van der Waals surface area (Å²) in [6.45, 7) is 3.45. The normalized spacial score (nSPS) is 22.4. The summed E-state index contributed by atoms with van der Waals surface area (Å²) in [7, 11) is 0. The molecule has 1 saturated carbocycles. The van der Waals surface area contributed by atoms with E-state index in [-0.39, 0.29) is 12.4 Å². The lowest BCUT2D eigenvalue weighted by Gasteiger charge is -2.32. The largest absolute Gasteiger partial charge is 0.300 e.